The lowest BCUT2D eigenvalue weighted by Gasteiger charge is -2.42. The highest BCUT2D eigenvalue weighted by molar-refractivity contribution is 7.80. The summed E-state index contributed by atoms with van der Waals surface area (Å²) in [5.41, 5.74) is 0.467. The van der Waals surface area contributed by atoms with E-state index in [1.165, 1.54) is 12.2 Å². The van der Waals surface area contributed by atoms with Crippen LogP contribution in [0.5, 0.6) is 0 Å². The van der Waals surface area contributed by atoms with Crippen molar-refractivity contribution in [1.82, 2.24) is 0 Å². The molecule has 0 aromatic rings. The zero-order chi connectivity index (χ0) is 62.6. The van der Waals surface area contributed by atoms with Gasteiger partial charge in [0.2, 0.25) is 0 Å². The lowest BCUT2D eigenvalue weighted by Crippen LogP contribution is -2.59. The lowest BCUT2D eigenvalue weighted by molar-refractivity contribution is -0.234. The number of hydrogen-bond donors (Lipinski definition) is 18. The molecule has 2 aliphatic heterocycles. The van der Waals surface area contributed by atoms with E-state index in [9.17, 15) is 95.2 Å². The van der Waals surface area contributed by atoms with Crippen LogP contribution in [0.4, 0.5) is 0 Å². The molecule has 0 aromatic carbocycles. The van der Waals surface area contributed by atoms with Crippen molar-refractivity contribution in [2.75, 3.05) is 6.61 Å². The number of aliphatic hydroxyl groups excluding tert-OH is 17. The van der Waals surface area contributed by atoms with Crippen LogP contribution in [0, 0.1) is 11.8 Å². The zero-order valence-electron chi connectivity index (χ0n) is 48.1. The van der Waals surface area contributed by atoms with Gasteiger partial charge >= 0.3 is 10.4 Å². The minimum absolute atomic E-state index is 0.00170. The van der Waals surface area contributed by atoms with Gasteiger partial charge in [0.1, 0.15) is 67.1 Å². The molecular weight excluding hydrogens is 1110 g/mol. The first-order valence-corrected chi connectivity index (χ1v) is 30.1. The van der Waals surface area contributed by atoms with Crippen LogP contribution in [0.15, 0.2) is 97.2 Å². The van der Waals surface area contributed by atoms with Crippen molar-refractivity contribution in [3.63, 3.8) is 0 Å². The molecule has 2 fully saturated rings. The van der Waals surface area contributed by atoms with Gasteiger partial charge in [-0.2, -0.15) is 8.42 Å². The van der Waals surface area contributed by atoms with Crippen molar-refractivity contribution in [1.29, 1.82) is 0 Å². The first kappa shape index (κ1) is 76.1. The van der Waals surface area contributed by atoms with Crippen LogP contribution >= 0.6 is 0 Å². The van der Waals surface area contributed by atoms with Gasteiger partial charge in [-0.25, -0.2) is 4.18 Å². The van der Waals surface area contributed by atoms with Crippen LogP contribution in [0.3, 0.4) is 0 Å². The van der Waals surface area contributed by atoms with Gasteiger partial charge in [0.05, 0.1) is 67.6 Å². The first-order valence-electron chi connectivity index (χ1n) is 28.7. The van der Waals surface area contributed by atoms with E-state index in [4.69, 9.17) is 14.0 Å². The van der Waals surface area contributed by atoms with E-state index in [-0.39, 0.29) is 75.7 Å². The van der Waals surface area contributed by atoms with Gasteiger partial charge in [-0.05, 0) is 108 Å². The van der Waals surface area contributed by atoms with E-state index in [0.717, 1.165) is 12.8 Å². The van der Waals surface area contributed by atoms with Crippen molar-refractivity contribution >= 4 is 10.4 Å². The number of ether oxygens (including phenoxy) is 2. The lowest BCUT2D eigenvalue weighted by atomic mass is 9.86. The Bertz CT molecular complexity index is 2120. The second-order valence-electron chi connectivity index (χ2n) is 22.4. The maximum absolute atomic E-state index is 11.2. The molecule has 0 spiro atoms. The van der Waals surface area contributed by atoms with Crippen LogP contribution < -0.4 is 0 Å². The van der Waals surface area contributed by atoms with E-state index in [1.54, 1.807) is 32.1 Å². The van der Waals surface area contributed by atoms with Crippen LogP contribution in [-0.4, -0.2) is 235 Å². The second kappa shape index (κ2) is 39.7. The maximum atomic E-state index is 11.2. The molecule has 0 saturated carbocycles. The fourth-order valence-corrected chi connectivity index (χ4v) is 10.3. The van der Waals surface area contributed by atoms with Crippen LogP contribution in [-0.2, 0) is 24.1 Å². The van der Waals surface area contributed by atoms with Crippen LogP contribution in [0.1, 0.15) is 124 Å². The summed E-state index contributed by atoms with van der Waals surface area (Å²) in [5, 5.41) is 183. The topological polar surface area (TPSA) is 426 Å². The fraction of sp³-hybridized carbons (Fsp3) is 0.729. The standard InChI is InChI=1S/C59H100O23S/c1-6-7-8-9-10-11-12-13-14-15-16-20-23-42(63)53(72)58-56(75)48(69)33-50(81-58)57(76)52(71)37(4)25-27-41(62)49-32-47(68)55(74)59(80-49)54(73)45(66)29-36(3)24-26-39(61)31-46(67)51(70)38(5)30-44(65)43(64)28-35(2)21-18-17-19-22-40(34-60)82-83(77,78)79/h6,9-14,17,19-20,23,29,35,38-76H,1,4,7-8,15-16,18,21-22,24-28,30-34H2,2-3,5H3,(H,77,78,79)/b10-9+,12-11+,14-13+,19-17+,23-20+,36-29+/t35-,38+,39+,40-,41-,42-,43-,44+,45-,46+,47-,48-,49-,50-,51-,52-,53+,54+,55-,56-,57+,58+,59+/m1/s1. The minimum Gasteiger partial charge on any atom is -0.394 e. The van der Waals surface area contributed by atoms with Gasteiger partial charge in [-0.1, -0.05) is 98.9 Å². The molecule has 0 unspecified atom stereocenters. The predicted molar refractivity (Wildman–Crippen MR) is 308 cm³/mol. The molecule has 83 heavy (non-hydrogen) atoms. The predicted octanol–water partition coefficient (Wildman–Crippen LogP) is 0.459. The molecule has 2 heterocycles. The summed E-state index contributed by atoms with van der Waals surface area (Å²) < 4.78 is 46.4. The van der Waals surface area contributed by atoms with Crippen molar-refractivity contribution < 1.29 is 113 Å². The fourth-order valence-electron chi connectivity index (χ4n) is 9.85. The molecule has 23 nitrogen and oxygen atoms in total. The molecule has 2 aliphatic rings. The number of rotatable bonds is 41. The number of allylic oxidation sites excluding steroid dienone is 10. The molecule has 2 rings (SSSR count). The largest absolute Gasteiger partial charge is 0.397 e. The first-order chi connectivity index (χ1) is 39.0. The summed E-state index contributed by atoms with van der Waals surface area (Å²) >= 11 is 0. The summed E-state index contributed by atoms with van der Waals surface area (Å²) in [7, 11) is -4.72. The van der Waals surface area contributed by atoms with Crippen LogP contribution in [0.2, 0.25) is 0 Å². The Morgan fingerprint density at radius 1 is 0.639 bits per heavy atom. The molecule has 0 aromatic heterocycles. The monoisotopic (exact) mass is 1210 g/mol. The number of aliphatic hydroxyl groups is 17. The Labute approximate surface area is 489 Å². The van der Waals surface area contributed by atoms with Gasteiger partial charge in [0, 0.05) is 19.3 Å². The third-order valence-corrected chi connectivity index (χ3v) is 15.6. The van der Waals surface area contributed by atoms with E-state index in [0.29, 0.717) is 31.3 Å². The summed E-state index contributed by atoms with van der Waals surface area (Å²) in [6.45, 7) is 11.9. The normalized spacial score (nSPS) is 27.9. The molecule has 23 atom stereocenters. The van der Waals surface area contributed by atoms with E-state index >= 15 is 0 Å². The number of unbranched alkanes of at least 4 members (excludes halogenated alkanes) is 2. The molecular formula is C59H100O23S. The molecule has 0 radical (unpaired) electrons. The van der Waals surface area contributed by atoms with Crippen molar-refractivity contribution in [2.24, 2.45) is 11.8 Å². The highest BCUT2D eigenvalue weighted by atomic mass is 32.3. The molecule has 480 valence electrons. The highest BCUT2D eigenvalue weighted by Crippen LogP contribution is 2.32. The van der Waals surface area contributed by atoms with E-state index in [2.05, 4.69) is 17.3 Å². The van der Waals surface area contributed by atoms with E-state index in [1.807, 2.05) is 49.5 Å². The van der Waals surface area contributed by atoms with Gasteiger partial charge < -0.3 is 96.3 Å². The molecule has 24 heteroatoms. The zero-order valence-corrected chi connectivity index (χ0v) is 49.0. The molecule has 0 amide bonds. The summed E-state index contributed by atoms with van der Waals surface area (Å²) in [4.78, 5) is 0. The Hall–Kier alpha value is -2.97. The molecule has 2 saturated heterocycles. The Morgan fingerprint density at radius 2 is 1.19 bits per heavy atom. The molecule has 0 aliphatic carbocycles. The Kier molecular flexibility index (Phi) is 36.5. The third-order valence-electron chi connectivity index (χ3n) is 15.1. The maximum Gasteiger partial charge on any atom is 0.397 e. The second-order valence-corrected chi connectivity index (χ2v) is 23.5. The number of hydrogen-bond acceptors (Lipinski definition) is 22. The third kappa shape index (κ3) is 28.6. The van der Waals surface area contributed by atoms with Crippen molar-refractivity contribution in [3.8, 4) is 0 Å². The smallest absolute Gasteiger partial charge is 0.394 e. The van der Waals surface area contributed by atoms with Crippen molar-refractivity contribution in [3.05, 3.63) is 97.2 Å². The minimum atomic E-state index is -4.72. The average Bonchev–Trinajstić information content (AvgIpc) is 3.44. The Morgan fingerprint density at radius 3 is 1.78 bits per heavy atom. The van der Waals surface area contributed by atoms with Crippen molar-refractivity contribution in [2.45, 2.75) is 252 Å². The average molecular weight is 1210 g/mol. The van der Waals surface area contributed by atoms with Gasteiger partial charge in [0.15, 0.2) is 0 Å². The summed E-state index contributed by atoms with van der Waals surface area (Å²) in [6, 6.07) is 0. The Balaban J connectivity index is 1.86. The molecule has 0 bridgehead atoms. The van der Waals surface area contributed by atoms with Crippen LogP contribution in [0.25, 0.3) is 0 Å². The van der Waals surface area contributed by atoms with E-state index < -0.39 is 151 Å². The highest BCUT2D eigenvalue weighted by Gasteiger charge is 2.47. The van der Waals surface area contributed by atoms with Gasteiger partial charge in [-0.3, -0.25) is 4.55 Å². The van der Waals surface area contributed by atoms with Gasteiger partial charge in [0.25, 0.3) is 0 Å². The quantitative estimate of drug-likeness (QED) is 0.0171. The van der Waals surface area contributed by atoms with Gasteiger partial charge in [-0.15, -0.1) is 6.58 Å². The molecule has 18 N–H and O–H groups in total. The summed E-state index contributed by atoms with van der Waals surface area (Å²) in [6.07, 6.45) is -7.11. The summed E-state index contributed by atoms with van der Waals surface area (Å²) in [5.74, 6) is -0.765. The SMILES string of the molecule is C=CCC/C=C/C=C/C=C/CC/C=C/[C@@H](O)[C@H](O)[C@@H]1O[C@@H]([C@H](O)[C@H](O)C(=C)CC[C@@H](O)[C@H]2C[C@@H](O)[C@@H](O)[C@H]([C@@H](O)[C@H](O)/C=C(\C)CC[C@H](O)C[C@H](O)[C@H](O)[C@@H](C)C[C@H](O)[C@H](O)C[C@H](C)CC/C=C/C[C@H](CO)OS(=O)(=O)O)O2)C[C@@H](O)[C@H]1O.